The Bertz CT molecular complexity index is 824. The number of pyridine rings is 1. The number of nitrogens with zero attached hydrogens (tertiary/aromatic N) is 2. The van der Waals surface area contributed by atoms with E-state index in [-0.39, 0.29) is 0 Å². The lowest BCUT2D eigenvalue weighted by molar-refractivity contribution is 0.749. The Labute approximate surface area is 137 Å². The first-order valence-electron chi connectivity index (χ1n) is 8.53. The van der Waals surface area contributed by atoms with E-state index in [0.717, 1.165) is 17.2 Å². The van der Waals surface area contributed by atoms with Crippen molar-refractivity contribution < 1.29 is 0 Å². The highest BCUT2D eigenvalue weighted by molar-refractivity contribution is 5.77. The molecule has 3 aromatic rings. The lowest BCUT2D eigenvalue weighted by Crippen LogP contribution is -2.16. The summed E-state index contributed by atoms with van der Waals surface area (Å²) in [7, 11) is 0. The van der Waals surface area contributed by atoms with Crippen LogP contribution >= 0.6 is 0 Å². The van der Waals surface area contributed by atoms with Crippen LogP contribution in [0.1, 0.15) is 36.8 Å². The van der Waals surface area contributed by atoms with Crippen LogP contribution in [0.15, 0.2) is 42.6 Å². The van der Waals surface area contributed by atoms with Crippen LogP contribution in [0.3, 0.4) is 0 Å². The quantitative estimate of drug-likeness (QED) is 0.740. The molecule has 0 bridgehead atoms. The van der Waals surface area contributed by atoms with Gasteiger partial charge in [0.25, 0.3) is 0 Å². The molecule has 0 spiro atoms. The molecule has 4 rings (SSSR count). The standard InChI is InChI=1S/C20H23N3/c1-14-7-10-16(11-8-14)19-20(21-17-5-3-4-6-17)23-13-15(2)9-12-18(23)22-19/h7-13,17,21H,3-6H2,1-2H3. The molecule has 3 heteroatoms. The molecule has 2 aromatic heterocycles. The molecule has 3 nitrogen and oxygen atoms in total. The summed E-state index contributed by atoms with van der Waals surface area (Å²) < 4.78 is 2.21. The fraction of sp³-hybridized carbons (Fsp3) is 0.350. The third kappa shape index (κ3) is 2.72. The number of hydrogen-bond acceptors (Lipinski definition) is 2. The number of aryl methyl sites for hydroxylation is 2. The van der Waals surface area contributed by atoms with Gasteiger partial charge in [-0.05, 0) is 38.3 Å². The van der Waals surface area contributed by atoms with Crippen LogP contribution in [-0.2, 0) is 0 Å². The Kier molecular flexibility index (Phi) is 3.56. The third-order valence-electron chi connectivity index (χ3n) is 4.79. The number of benzene rings is 1. The largest absolute Gasteiger partial charge is 0.367 e. The van der Waals surface area contributed by atoms with Gasteiger partial charge in [-0.2, -0.15) is 0 Å². The van der Waals surface area contributed by atoms with E-state index in [9.17, 15) is 0 Å². The van der Waals surface area contributed by atoms with E-state index in [1.54, 1.807) is 0 Å². The van der Waals surface area contributed by atoms with Crippen LogP contribution in [0.4, 0.5) is 5.82 Å². The number of anilines is 1. The molecular formula is C20H23N3. The zero-order valence-corrected chi connectivity index (χ0v) is 13.8. The summed E-state index contributed by atoms with van der Waals surface area (Å²) in [6.07, 6.45) is 7.34. The van der Waals surface area contributed by atoms with Crippen molar-refractivity contribution >= 4 is 11.5 Å². The zero-order valence-electron chi connectivity index (χ0n) is 13.8. The number of rotatable bonds is 3. The van der Waals surface area contributed by atoms with Gasteiger partial charge in [0.1, 0.15) is 17.2 Å². The maximum Gasteiger partial charge on any atom is 0.139 e. The average Bonchev–Trinajstić information content (AvgIpc) is 3.17. The monoisotopic (exact) mass is 305 g/mol. The van der Waals surface area contributed by atoms with Crippen LogP contribution in [0.5, 0.6) is 0 Å². The number of hydrogen-bond donors (Lipinski definition) is 1. The van der Waals surface area contributed by atoms with E-state index < -0.39 is 0 Å². The molecule has 1 aliphatic rings. The second-order valence-electron chi connectivity index (χ2n) is 6.74. The second-order valence-corrected chi connectivity index (χ2v) is 6.74. The molecule has 118 valence electrons. The van der Waals surface area contributed by atoms with Crippen molar-refractivity contribution in [2.45, 2.75) is 45.6 Å². The number of fused-ring (bicyclic) bond motifs is 1. The van der Waals surface area contributed by atoms with E-state index in [1.165, 1.54) is 42.4 Å². The van der Waals surface area contributed by atoms with Gasteiger partial charge in [0.05, 0.1) is 0 Å². The minimum atomic E-state index is 0.569. The summed E-state index contributed by atoms with van der Waals surface area (Å²) in [5, 5.41) is 3.77. The van der Waals surface area contributed by atoms with Gasteiger partial charge in [-0.3, -0.25) is 4.40 Å². The second kappa shape index (κ2) is 5.73. The minimum Gasteiger partial charge on any atom is -0.367 e. The van der Waals surface area contributed by atoms with Crippen LogP contribution in [0.2, 0.25) is 0 Å². The Balaban J connectivity index is 1.85. The highest BCUT2D eigenvalue weighted by Gasteiger charge is 2.20. The molecule has 0 amide bonds. The smallest absolute Gasteiger partial charge is 0.139 e. The fourth-order valence-electron chi connectivity index (χ4n) is 3.47. The van der Waals surface area contributed by atoms with Gasteiger partial charge in [0.2, 0.25) is 0 Å². The number of aromatic nitrogens is 2. The molecule has 0 aliphatic heterocycles. The average molecular weight is 305 g/mol. The maximum absolute atomic E-state index is 4.90. The summed E-state index contributed by atoms with van der Waals surface area (Å²) in [6, 6.07) is 13.5. The lowest BCUT2D eigenvalue weighted by Gasteiger charge is -2.15. The summed E-state index contributed by atoms with van der Waals surface area (Å²) in [5.74, 6) is 1.14. The molecule has 1 aliphatic carbocycles. The minimum absolute atomic E-state index is 0.569. The van der Waals surface area contributed by atoms with E-state index in [2.05, 4.69) is 66.2 Å². The Morgan fingerprint density at radius 3 is 2.39 bits per heavy atom. The number of imidazole rings is 1. The van der Waals surface area contributed by atoms with Gasteiger partial charge in [0.15, 0.2) is 0 Å². The highest BCUT2D eigenvalue weighted by atomic mass is 15.1. The molecule has 0 saturated heterocycles. The zero-order chi connectivity index (χ0) is 15.8. The number of nitrogens with one attached hydrogen (secondary N) is 1. The van der Waals surface area contributed by atoms with Crippen molar-refractivity contribution in [1.29, 1.82) is 0 Å². The van der Waals surface area contributed by atoms with Gasteiger partial charge in [-0.25, -0.2) is 4.98 Å². The predicted octanol–water partition coefficient (Wildman–Crippen LogP) is 4.97. The first-order valence-corrected chi connectivity index (χ1v) is 8.53. The van der Waals surface area contributed by atoms with E-state index in [4.69, 9.17) is 4.98 Å². The van der Waals surface area contributed by atoms with Crippen LogP contribution in [0.25, 0.3) is 16.9 Å². The summed E-state index contributed by atoms with van der Waals surface area (Å²) >= 11 is 0. The van der Waals surface area contributed by atoms with Gasteiger partial charge < -0.3 is 5.32 Å². The van der Waals surface area contributed by atoms with Crippen LogP contribution in [-0.4, -0.2) is 15.4 Å². The molecule has 1 aromatic carbocycles. The first-order chi connectivity index (χ1) is 11.2. The highest BCUT2D eigenvalue weighted by Crippen LogP contribution is 2.32. The lowest BCUT2D eigenvalue weighted by atomic mass is 10.1. The molecule has 1 N–H and O–H groups in total. The van der Waals surface area contributed by atoms with Crippen molar-refractivity contribution in [2.24, 2.45) is 0 Å². The normalized spacial score (nSPS) is 15.4. The summed E-state index contributed by atoms with van der Waals surface area (Å²) in [5.41, 5.74) is 5.77. The van der Waals surface area contributed by atoms with E-state index >= 15 is 0 Å². The van der Waals surface area contributed by atoms with E-state index in [1.807, 2.05) is 0 Å². The Hall–Kier alpha value is -2.29. The molecule has 2 heterocycles. The van der Waals surface area contributed by atoms with Gasteiger partial charge >= 0.3 is 0 Å². The van der Waals surface area contributed by atoms with Gasteiger partial charge in [0, 0.05) is 17.8 Å². The van der Waals surface area contributed by atoms with Gasteiger partial charge in [-0.15, -0.1) is 0 Å². The van der Waals surface area contributed by atoms with Crippen LogP contribution in [0, 0.1) is 13.8 Å². The molecule has 1 saturated carbocycles. The summed E-state index contributed by atoms with van der Waals surface area (Å²) in [6.45, 7) is 4.25. The summed E-state index contributed by atoms with van der Waals surface area (Å²) in [4.78, 5) is 4.90. The van der Waals surface area contributed by atoms with Crippen LogP contribution < -0.4 is 5.32 Å². The van der Waals surface area contributed by atoms with Crippen molar-refractivity contribution in [3.8, 4) is 11.3 Å². The Morgan fingerprint density at radius 2 is 1.65 bits per heavy atom. The first kappa shape index (κ1) is 14.3. The molecule has 0 unspecified atom stereocenters. The predicted molar refractivity (Wildman–Crippen MR) is 96.0 cm³/mol. The van der Waals surface area contributed by atoms with Gasteiger partial charge in [-0.1, -0.05) is 48.7 Å². The SMILES string of the molecule is Cc1ccc(-c2nc3ccc(C)cn3c2NC2CCCC2)cc1. The topological polar surface area (TPSA) is 29.3 Å². The Morgan fingerprint density at radius 1 is 0.957 bits per heavy atom. The van der Waals surface area contributed by atoms with Crippen molar-refractivity contribution in [2.75, 3.05) is 5.32 Å². The fourth-order valence-corrected chi connectivity index (χ4v) is 3.47. The molecule has 0 radical (unpaired) electrons. The van der Waals surface area contributed by atoms with Crippen molar-refractivity contribution in [1.82, 2.24) is 9.38 Å². The molecule has 0 atom stereocenters. The van der Waals surface area contributed by atoms with Crippen molar-refractivity contribution in [3.05, 3.63) is 53.7 Å². The molecule has 1 fully saturated rings. The maximum atomic E-state index is 4.90. The molecule has 23 heavy (non-hydrogen) atoms. The third-order valence-corrected chi connectivity index (χ3v) is 4.79. The molecular weight excluding hydrogens is 282 g/mol. The van der Waals surface area contributed by atoms with E-state index in [0.29, 0.717) is 6.04 Å². The van der Waals surface area contributed by atoms with Crippen molar-refractivity contribution in [3.63, 3.8) is 0 Å².